The van der Waals surface area contributed by atoms with Crippen molar-refractivity contribution >= 4 is 11.9 Å². The number of ketones is 1. The molecule has 25 heavy (non-hydrogen) atoms. The van der Waals surface area contributed by atoms with Crippen LogP contribution in [0.25, 0.3) is 0 Å². The number of carbonyl (C=O) groups is 2. The molecule has 1 fully saturated rings. The third-order valence-electron chi connectivity index (χ3n) is 4.10. The van der Waals surface area contributed by atoms with Crippen molar-refractivity contribution in [2.75, 3.05) is 33.2 Å². The summed E-state index contributed by atoms with van der Waals surface area (Å²) in [5.74, 6) is 0.366. The number of likely N-dealkylation sites (tertiary alicyclic amines) is 1. The first-order chi connectivity index (χ1) is 11.7. The predicted octanol–water partition coefficient (Wildman–Crippen LogP) is 2.84. The number of hydrogen-bond donors (Lipinski definition) is 0. The van der Waals surface area contributed by atoms with Gasteiger partial charge in [0, 0.05) is 25.8 Å². The topological polar surface area (TPSA) is 62.7 Å². The third kappa shape index (κ3) is 6.46. The zero-order chi connectivity index (χ0) is 18.4. The fourth-order valence-electron chi connectivity index (χ4n) is 3.07. The summed E-state index contributed by atoms with van der Waals surface area (Å²) in [6.45, 7) is 8.16. The summed E-state index contributed by atoms with van der Waals surface area (Å²) in [6, 6.07) is 5.36. The Bertz CT molecular complexity index is 583. The van der Waals surface area contributed by atoms with Gasteiger partial charge in [-0.1, -0.05) is 6.07 Å². The van der Waals surface area contributed by atoms with Crippen LogP contribution in [0.1, 0.15) is 44.1 Å². The van der Waals surface area contributed by atoms with E-state index in [1.807, 2.05) is 38.8 Å². The lowest BCUT2D eigenvalue weighted by molar-refractivity contribution is 0.0149. The SMILES string of the molecule is CN(CC(=O)c1ccccn1)CC1CCCN(C(=O)OC(C)(C)C)C1. The summed E-state index contributed by atoms with van der Waals surface area (Å²) in [5, 5.41) is 0. The first-order valence-electron chi connectivity index (χ1n) is 8.85. The molecule has 0 spiro atoms. The van der Waals surface area contributed by atoms with E-state index in [2.05, 4.69) is 4.98 Å². The van der Waals surface area contributed by atoms with Crippen LogP contribution in [0.15, 0.2) is 24.4 Å². The minimum Gasteiger partial charge on any atom is -0.444 e. The van der Waals surface area contributed by atoms with Crippen LogP contribution < -0.4 is 0 Å². The number of pyridine rings is 1. The van der Waals surface area contributed by atoms with Gasteiger partial charge in [-0.2, -0.15) is 0 Å². The minimum atomic E-state index is -0.476. The Labute approximate surface area is 150 Å². The first-order valence-corrected chi connectivity index (χ1v) is 8.85. The molecule has 1 unspecified atom stereocenters. The highest BCUT2D eigenvalue weighted by Crippen LogP contribution is 2.20. The normalized spacial score (nSPS) is 18.3. The van der Waals surface area contributed by atoms with Crippen molar-refractivity contribution in [1.29, 1.82) is 0 Å². The Kier molecular flexibility index (Phi) is 6.53. The van der Waals surface area contributed by atoms with Crippen LogP contribution in [0.3, 0.4) is 0 Å². The molecule has 1 aromatic heterocycles. The van der Waals surface area contributed by atoms with Gasteiger partial charge in [-0.05, 0) is 58.7 Å². The van der Waals surface area contributed by atoms with E-state index in [0.717, 1.165) is 25.9 Å². The number of carbonyl (C=O) groups excluding carboxylic acids is 2. The number of ether oxygens (including phenoxy) is 1. The molecule has 0 aromatic carbocycles. The van der Waals surface area contributed by atoms with E-state index in [9.17, 15) is 9.59 Å². The molecule has 1 aromatic rings. The van der Waals surface area contributed by atoms with Crippen LogP contribution in [0.5, 0.6) is 0 Å². The number of rotatable bonds is 5. The summed E-state index contributed by atoms with van der Waals surface area (Å²) >= 11 is 0. The van der Waals surface area contributed by atoms with Crippen LogP contribution >= 0.6 is 0 Å². The lowest BCUT2D eigenvalue weighted by Crippen LogP contribution is -2.45. The van der Waals surface area contributed by atoms with Gasteiger partial charge in [-0.3, -0.25) is 14.7 Å². The van der Waals surface area contributed by atoms with Crippen LogP contribution in [-0.2, 0) is 4.74 Å². The van der Waals surface area contributed by atoms with Crippen LogP contribution in [0.2, 0.25) is 0 Å². The molecule has 138 valence electrons. The average molecular weight is 347 g/mol. The molecule has 0 saturated carbocycles. The zero-order valence-electron chi connectivity index (χ0n) is 15.7. The Hall–Kier alpha value is -1.95. The number of Topliss-reactive ketones (excluding diaryl/α,β-unsaturated/α-hetero) is 1. The minimum absolute atomic E-state index is 0.0166. The maximum absolute atomic E-state index is 12.2. The number of amides is 1. The van der Waals surface area contributed by atoms with E-state index in [4.69, 9.17) is 4.74 Å². The summed E-state index contributed by atoms with van der Waals surface area (Å²) < 4.78 is 5.46. The van der Waals surface area contributed by atoms with Gasteiger partial charge in [-0.15, -0.1) is 0 Å². The van der Waals surface area contributed by atoms with Crippen LogP contribution in [-0.4, -0.2) is 65.5 Å². The van der Waals surface area contributed by atoms with Crippen molar-refractivity contribution in [2.24, 2.45) is 5.92 Å². The third-order valence-corrected chi connectivity index (χ3v) is 4.10. The molecule has 1 saturated heterocycles. The van der Waals surface area contributed by atoms with Crippen molar-refractivity contribution in [3.8, 4) is 0 Å². The van der Waals surface area contributed by atoms with Gasteiger partial charge in [0.05, 0.1) is 6.54 Å². The lowest BCUT2D eigenvalue weighted by atomic mass is 9.97. The van der Waals surface area contributed by atoms with Crippen LogP contribution in [0, 0.1) is 5.92 Å². The van der Waals surface area contributed by atoms with E-state index >= 15 is 0 Å². The van der Waals surface area contributed by atoms with Crippen molar-refractivity contribution in [3.05, 3.63) is 30.1 Å². The van der Waals surface area contributed by atoms with Gasteiger partial charge in [0.2, 0.25) is 0 Å². The number of aromatic nitrogens is 1. The molecule has 0 aliphatic carbocycles. The summed E-state index contributed by atoms with van der Waals surface area (Å²) in [4.78, 5) is 32.4. The van der Waals surface area contributed by atoms with Gasteiger partial charge in [0.15, 0.2) is 5.78 Å². The molecule has 1 aliphatic heterocycles. The van der Waals surface area contributed by atoms with Gasteiger partial charge in [0.1, 0.15) is 11.3 Å². The van der Waals surface area contributed by atoms with Gasteiger partial charge >= 0.3 is 6.09 Å². The molecule has 2 heterocycles. The predicted molar refractivity (Wildman–Crippen MR) is 96.6 cm³/mol. The monoisotopic (exact) mass is 347 g/mol. The van der Waals surface area contributed by atoms with E-state index in [-0.39, 0.29) is 11.9 Å². The number of hydrogen-bond acceptors (Lipinski definition) is 5. The summed E-state index contributed by atoms with van der Waals surface area (Å²) in [6.07, 6.45) is 3.41. The Morgan fingerprint density at radius 3 is 2.76 bits per heavy atom. The standard InChI is InChI=1S/C19H29N3O3/c1-19(2,3)25-18(24)22-11-7-8-15(13-22)12-21(4)14-17(23)16-9-5-6-10-20-16/h5-6,9-10,15H,7-8,11-14H2,1-4H3. The fraction of sp³-hybridized carbons (Fsp3) is 0.632. The largest absolute Gasteiger partial charge is 0.444 e. The highest BCUT2D eigenvalue weighted by Gasteiger charge is 2.28. The number of piperidine rings is 1. The van der Waals surface area contributed by atoms with Gasteiger partial charge in [0.25, 0.3) is 0 Å². The number of likely N-dealkylation sites (N-methyl/N-ethyl adjacent to an activating group) is 1. The zero-order valence-corrected chi connectivity index (χ0v) is 15.7. The molecule has 1 amide bonds. The molecular weight excluding hydrogens is 318 g/mol. The van der Waals surface area contributed by atoms with Crippen LogP contribution in [0.4, 0.5) is 4.79 Å². The van der Waals surface area contributed by atoms with E-state index in [1.165, 1.54) is 0 Å². The maximum atomic E-state index is 12.2. The maximum Gasteiger partial charge on any atom is 0.410 e. The van der Waals surface area contributed by atoms with E-state index in [1.54, 1.807) is 23.2 Å². The van der Waals surface area contributed by atoms with Crippen molar-refractivity contribution in [1.82, 2.24) is 14.8 Å². The molecular formula is C19H29N3O3. The summed E-state index contributed by atoms with van der Waals surface area (Å²) in [7, 11) is 1.94. The summed E-state index contributed by atoms with van der Waals surface area (Å²) in [5.41, 5.74) is 0.0176. The van der Waals surface area contributed by atoms with Gasteiger partial charge in [-0.25, -0.2) is 4.79 Å². The van der Waals surface area contributed by atoms with Crippen molar-refractivity contribution in [3.63, 3.8) is 0 Å². The number of nitrogens with zero attached hydrogens (tertiary/aromatic N) is 3. The Morgan fingerprint density at radius 1 is 1.36 bits per heavy atom. The van der Waals surface area contributed by atoms with E-state index in [0.29, 0.717) is 24.7 Å². The van der Waals surface area contributed by atoms with E-state index < -0.39 is 5.60 Å². The lowest BCUT2D eigenvalue weighted by Gasteiger charge is -2.35. The molecule has 6 heteroatoms. The second-order valence-corrected chi connectivity index (χ2v) is 7.77. The Morgan fingerprint density at radius 2 is 2.12 bits per heavy atom. The van der Waals surface area contributed by atoms with Crippen molar-refractivity contribution in [2.45, 2.75) is 39.2 Å². The second kappa shape index (κ2) is 8.43. The fourth-order valence-corrected chi connectivity index (χ4v) is 3.07. The molecule has 0 radical (unpaired) electrons. The highest BCUT2D eigenvalue weighted by molar-refractivity contribution is 5.95. The molecule has 6 nitrogen and oxygen atoms in total. The molecule has 1 atom stereocenters. The highest BCUT2D eigenvalue weighted by atomic mass is 16.6. The van der Waals surface area contributed by atoms with Crippen molar-refractivity contribution < 1.29 is 14.3 Å². The van der Waals surface area contributed by atoms with Gasteiger partial charge < -0.3 is 9.64 Å². The molecule has 1 aliphatic rings. The second-order valence-electron chi connectivity index (χ2n) is 7.77. The smallest absolute Gasteiger partial charge is 0.410 e. The molecule has 0 N–H and O–H groups in total. The molecule has 2 rings (SSSR count). The first kappa shape index (κ1) is 19.4. The molecule has 0 bridgehead atoms. The average Bonchev–Trinajstić information content (AvgIpc) is 2.54. The Balaban J connectivity index is 1.83. The quantitative estimate of drug-likeness (QED) is 0.767.